The molecule has 0 saturated carbocycles. The van der Waals surface area contributed by atoms with Crippen molar-refractivity contribution in [3.05, 3.63) is 17.7 Å². The highest BCUT2D eigenvalue weighted by Gasteiger charge is 2.21. The SMILES string of the molecule is COc1ccc(CC(=O)NN2CC[NH+](C)CC2)c(OC)c1OC. The summed E-state index contributed by atoms with van der Waals surface area (Å²) >= 11 is 0. The summed E-state index contributed by atoms with van der Waals surface area (Å²) < 4.78 is 16.0. The van der Waals surface area contributed by atoms with E-state index in [9.17, 15) is 4.79 Å². The van der Waals surface area contributed by atoms with E-state index in [4.69, 9.17) is 14.2 Å². The van der Waals surface area contributed by atoms with Crippen molar-refractivity contribution < 1.29 is 23.9 Å². The van der Waals surface area contributed by atoms with Gasteiger partial charge in [-0.1, -0.05) is 6.07 Å². The van der Waals surface area contributed by atoms with Gasteiger partial charge in [0.1, 0.15) is 0 Å². The third-order valence-corrected chi connectivity index (χ3v) is 4.04. The van der Waals surface area contributed by atoms with Gasteiger partial charge in [-0.3, -0.25) is 10.2 Å². The summed E-state index contributed by atoms with van der Waals surface area (Å²) in [6.07, 6.45) is 0.225. The lowest BCUT2D eigenvalue weighted by atomic mass is 10.1. The Morgan fingerprint density at radius 3 is 2.35 bits per heavy atom. The van der Waals surface area contributed by atoms with Gasteiger partial charge in [0.05, 0.1) is 61.0 Å². The van der Waals surface area contributed by atoms with E-state index in [-0.39, 0.29) is 12.3 Å². The Morgan fingerprint density at radius 2 is 1.78 bits per heavy atom. The molecule has 128 valence electrons. The predicted octanol–water partition coefficient (Wildman–Crippen LogP) is -0.884. The van der Waals surface area contributed by atoms with Crippen LogP contribution in [0.3, 0.4) is 0 Å². The minimum atomic E-state index is -0.0601. The standard InChI is InChI=1S/C16H25N3O4/c1-18-7-9-19(10-8-18)17-14(20)11-12-5-6-13(21-2)16(23-4)15(12)22-3/h5-6H,7-11H2,1-4H3,(H,17,20)/p+1. The maximum absolute atomic E-state index is 12.3. The first-order chi connectivity index (χ1) is 11.1. The van der Waals surface area contributed by atoms with Crippen LogP contribution in [0.15, 0.2) is 12.1 Å². The molecule has 2 rings (SSSR count). The normalized spacial score (nSPS) is 16.0. The zero-order chi connectivity index (χ0) is 16.8. The number of hydrogen-bond acceptors (Lipinski definition) is 5. The molecule has 1 saturated heterocycles. The van der Waals surface area contributed by atoms with Crippen LogP contribution in [0, 0.1) is 0 Å². The van der Waals surface area contributed by atoms with E-state index in [1.54, 1.807) is 27.4 Å². The zero-order valence-electron chi connectivity index (χ0n) is 14.3. The first-order valence-corrected chi connectivity index (χ1v) is 7.72. The molecule has 0 aromatic heterocycles. The molecule has 1 aromatic rings. The second kappa shape index (κ2) is 8.03. The number of carbonyl (C=O) groups is 1. The third kappa shape index (κ3) is 4.27. The second-order valence-corrected chi connectivity index (χ2v) is 5.65. The summed E-state index contributed by atoms with van der Waals surface area (Å²) in [5.41, 5.74) is 3.72. The highest BCUT2D eigenvalue weighted by molar-refractivity contribution is 5.79. The fourth-order valence-electron chi connectivity index (χ4n) is 2.69. The molecule has 2 N–H and O–H groups in total. The Morgan fingerprint density at radius 1 is 1.13 bits per heavy atom. The lowest BCUT2D eigenvalue weighted by molar-refractivity contribution is -0.884. The van der Waals surface area contributed by atoms with Gasteiger partial charge in [-0.2, -0.15) is 0 Å². The average Bonchev–Trinajstić information content (AvgIpc) is 2.56. The Hall–Kier alpha value is -1.99. The van der Waals surface area contributed by atoms with Gasteiger partial charge < -0.3 is 19.1 Å². The maximum atomic E-state index is 12.3. The number of rotatable bonds is 6. The molecule has 1 heterocycles. The van der Waals surface area contributed by atoms with Crippen molar-refractivity contribution in [1.29, 1.82) is 0 Å². The number of hydrogen-bond donors (Lipinski definition) is 2. The van der Waals surface area contributed by atoms with Gasteiger partial charge in [0.2, 0.25) is 11.7 Å². The Bertz CT molecular complexity index is 542. The maximum Gasteiger partial charge on any atom is 0.238 e. The van der Waals surface area contributed by atoms with Gasteiger partial charge in [0, 0.05) is 5.56 Å². The lowest BCUT2D eigenvalue weighted by Crippen LogP contribution is -3.12. The highest BCUT2D eigenvalue weighted by atomic mass is 16.5. The Kier molecular flexibility index (Phi) is 6.06. The number of methoxy groups -OCH3 is 3. The van der Waals surface area contributed by atoms with Crippen LogP contribution >= 0.6 is 0 Å². The minimum absolute atomic E-state index is 0.0601. The lowest BCUT2D eigenvalue weighted by Gasteiger charge is -2.30. The van der Waals surface area contributed by atoms with Crippen molar-refractivity contribution in [3.8, 4) is 17.2 Å². The number of likely N-dealkylation sites (N-methyl/N-ethyl adjacent to an activating group) is 1. The van der Waals surface area contributed by atoms with Gasteiger partial charge in [0.25, 0.3) is 0 Å². The van der Waals surface area contributed by atoms with E-state index in [1.165, 1.54) is 4.90 Å². The smallest absolute Gasteiger partial charge is 0.238 e. The number of amides is 1. The van der Waals surface area contributed by atoms with E-state index in [0.717, 1.165) is 31.7 Å². The number of piperazine rings is 1. The number of nitrogens with one attached hydrogen (secondary N) is 2. The summed E-state index contributed by atoms with van der Waals surface area (Å²) in [5, 5.41) is 1.97. The molecule has 0 radical (unpaired) electrons. The number of hydrazine groups is 1. The van der Waals surface area contributed by atoms with Crippen molar-refractivity contribution in [3.63, 3.8) is 0 Å². The molecule has 1 aromatic carbocycles. The molecule has 7 nitrogen and oxygen atoms in total. The summed E-state index contributed by atoms with van der Waals surface area (Å²) in [7, 11) is 6.84. The number of benzene rings is 1. The van der Waals surface area contributed by atoms with Gasteiger partial charge >= 0.3 is 0 Å². The van der Waals surface area contributed by atoms with Crippen LogP contribution in [0.2, 0.25) is 0 Å². The molecule has 0 bridgehead atoms. The molecule has 1 aliphatic rings. The number of nitrogens with zero attached hydrogens (tertiary/aromatic N) is 1. The van der Waals surface area contributed by atoms with Crippen molar-refractivity contribution >= 4 is 5.91 Å². The van der Waals surface area contributed by atoms with Crippen LogP contribution in [-0.2, 0) is 11.2 Å². The van der Waals surface area contributed by atoms with Crippen LogP contribution in [0.25, 0.3) is 0 Å². The van der Waals surface area contributed by atoms with Crippen LogP contribution in [0.1, 0.15) is 5.56 Å². The van der Waals surface area contributed by atoms with Gasteiger partial charge in [-0.15, -0.1) is 0 Å². The Balaban J connectivity index is 2.05. The first-order valence-electron chi connectivity index (χ1n) is 7.72. The summed E-state index contributed by atoms with van der Waals surface area (Å²) in [6, 6.07) is 3.61. The zero-order valence-corrected chi connectivity index (χ0v) is 14.3. The van der Waals surface area contributed by atoms with Gasteiger partial charge in [0.15, 0.2) is 11.5 Å². The van der Waals surface area contributed by atoms with Crippen LogP contribution in [0.4, 0.5) is 0 Å². The van der Waals surface area contributed by atoms with E-state index in [2.05, 4.69) is 12.5 Å². The molecule has 1 amide bonds. The molecule has 0 aliphatic carbocycles. The highest BCUT2D eigenvalue weighted by Crippen LogP contribution is 2.39. The number of carbonyl (C=O) groups excluding carboxylic acids is 1. The fourth-order valence-corrected chi connectivity index (χ4v) is 2.69. The third-order valence-electron chi connectivity index (χ3n) is 4.04. The summed E-state index contributed by atoms with van der Waals surface area (Å²) in [5.74, 6) is 1.55. The molecule has 7 heteroatoms. The van der Waals surface area contributed by atoms with E-state index >= 15 is 0 Å². The van der Waals surface area contributed by atoms with Gasteiger partial charge in [-0.05, 0) is 6.07 Å². The molecular weight excluding hydrogens is 298 g/mol. The summed E-state index contributed by atoms with van der Waals surface area (Å²) in [4.78, 5) is 13.8. The first kappa shape index (κ1) is 17.4. The van der Waals surface area contributed by atoms with Crippen molar-refractivity contribution in [1.82, 2.24) is 10.4 Å². The monoisotopic (exact) mass is 324 g/mol. The molecular formula is C16H26N3O4+. The molecule has 0 spiro atoms. The topological polar surface area (TPSA) is 64.5 Å². The molecule has 1 aliphatic heterocycles. The Labute approximate surface area is 137 Å². The number of quaternary nitrogens is 1. The predicted molar refractivity (Wildman–Crippen MR) is 86.1 cm³/mol. The second-order valence-electron chi connectivity index (χ2n) is 5.65. The van der Waals surface area contributed by atoms with Crippen molar-refractivity contribution in [2.75, 3.05) is 54.6 Å². The van der Waals surface area contributed by atoms with Crippen LogP contribution in [0.5, 0.6) is 17.2 Å². The average molecular weight is 324 g/mol. The summed E-state index contributed by atoms with van der Waals surface area (Å²) in [6.45, 7) is 3.78. The fraction of sp³-hybridized carbons (Fsp3) is 0.562. The molecule has 0 atom stereocenters. The minimum Gasteiger partial charge on any atom is -0.493 e. The number of ether oxygens (including phenoxy) is 3. The van der Waals surface area contributed by atoms with Crippen molar-refractivity contribution in [2.24, 2.45) is 0 Å². The molecule has 0 unspecified atom stereocenters. The largest absolute Gasteiger partial charge is 0.493 e. The van der Waals surface area contributed by atoms with E-state index in [0.29, 0.717) is 17.2 Å². The van der Waals surface area contributed by atoms with E-state index < -0.39 is 0 Å². The van der Waals surface area contributed by atoms with Gasteiger partial charge in [-0.25, -0.2) is 5.01 Å². The van der Waals surface area contributed by atoms with Crippen LogP contribution < -0.4 is 24.5 Å². The van der Waals surface area contributed by atoms with E-state index in [1.807, 2.05) is 11.1 Å². The van der Waals surface area contributed by atoms with Crippen molar-refractivity contribution in [2.45, 2.75) is 6.42 Å². The molecule has 23 heavy (non-hydrogen) atoms. The van der Waals surface area contributed by atoms with Crippen LogP contribution in [-0.4, -0.2) is 65.5 Å². The molecule has 1 fully saturated rings. The quantitative estimate of drug-likeness (QED) is 0.711.